The van der Waals surface area contributed by atoms with Crippen LogP contribution in [0.2, 0.25) is 5.02 Å². The number of aromatic nitrogens is 1. The Morgan fingerprint density at radius 1 is 1.47 bits per heavy atom. The van der Waals surface area contributed by atoms with Gasteiger partial charge in [0.15, 0.2) is 0 Å². The number of nitrogens with zero attached hydrogens (tertiary/aromatic N) is 1. The molecule has 0 amide bonds. The van der Waals surface area contributed by atoms with Crippen molar-refractivity contribution in [2.45, 2.75) is 13.0 Å². The fraction of sp³-hybridized carbons (Fsp3) is 0.250. The molecule has 0 aliphatic heterocycles. The van der Waals surface area contributed by atoms with Gasteiger partial charge in [0.1, 0.15) is 5.01 Å². The highest BCUT2D eigenvalue weighted by Crippen LogP contribution is 2.33. The molecule has 2 aromatic rings. The van der Waals surface area contributed by atoms with Crippen LogP contribution in [0.25, 0.3) is 10.6 Å². The van der Waals surface area contributed by atoms with E-state index in [2.05, 4.69) is 38.5 Å². The van der Waals surface area contributed by atoms with Crippen LogP contribution in [-0.4, -0.2) is 12.0 Å². The van der Waals surface area contributed by atoms with Gasteiger partial charge in [-0.15, -0.1) is 11.3 Å². The second-order valence-electron chi connectivity index (χ2n) is 3.71. The SMILES string of the molecule is CNC(C)c1csc(-c2ccc(Cl)cc2Br)n1. The Morgan fingerprint density at radius 2 is 2.24 bits per heavy atom. The average Bonchev–Trinajstić information content (AvgIpc) is 2.77. The minimum atomic E-state index is 0.270. The summed E-state index contributed by atoms with van der Waals surface area (Å²) in [5.41, 5.74) is 2.14. The third kappa shape index (κ3) is 2.88. The second-order valence-corrected chi connectivity index (χ2v) is 5.86. The van der Waals surface area contributed by atoms with Crippen molar-refractivity contribution in [2.75, 3.05) is 7.05 Å². The average molecular weight is 332 g/mol. The van der Waals surface area contributed by atoms with E-state index in [1.807, 2.05) is 25.2 Å². The molecule has 0 aliphatic carbocycles. The van der Waals surface area contributed by atoms with Gasteiger partial charge in [0.05, 0.1) is 5.69 Å². The molecular formula is C12H12BrClN2S. The highest BCUT2D eigenvalue weighted by atomic mass is 79.9. The van der Waals surface area contributed by atoms with E-state index in [0.29, 0.717) is 0 Å². The summed E-state index contributed by atoms with van der Waals surface area (Å²) in [6.45, 7) is 2.09. The quantitative estimate of drug-likeness (QED) is 0.895. The Kier molecular flexibility index (Phi) is 4.20. The van der Waals surface area contributed by atoms with Crippen molar-refractivity contribution in [3.8, 4) is 10.6 Å². The van der Waals surface area contributed by atoms with Crippen molar-refractivity contribution in [3.63, 3.8) is 0 Å². The zero-order valence-corrected chi connectivity index (χ0v) is 12.7. The molecule has 1 aromatic carbocycles. The maximum atomic E-state index is 5.93. The van der Waals surface area contributed by atoms with E-state index in [9.17, 15) is 0 Å². The van der Waals surface area contributed by atoms with Crippen molar-refractivity contribution in [3.05, 3.63) is 38.8 Å². The smallest absolute Gasteiger partial charge is 0.124 e. The molecule has 0 fully saturated rings. The van der Waals surface area contributed by atoms with Gasteiger partial charge in [-0.05, 0) is 32.2 Å². The minimum absolute atomic E-state index is 0.270. The van der Waals surface area contributed by atoms with Gasteiger partial charge >= 0.3 is 0 Å². The first kappa shape index (κ1) is 13.0. The van der Waals surface area contributed by atoms with Crippen LogP contribution in [0.4, 0.5) is 0 Å². The molecule has 1 heterocycles. The lowest BCUT2D eigenvalue weighted by molar-refractivity contribution is 0.637. The lowest BCUT2D eigenvalue weighted by atomic mass is 10.2. The van der Waals surface area contributed by atoms with Gasteiger partial charge in [-0.3, -0.25) is 0 Å². The molecule has 0 saturated heterocycles. The van der Waals surface area contributed by atoms with Crippen molar-refractivity contribution >= 4 is 38.9 Å². The van der Waals surface area contributed by atoms with Crippen LogP contribution in [0.15, 0.2) is 28.1 Å². The first-order valence-corrected chi connectivity index (χ1v) is 7.25. The first-order valence-electron chi connectivity index (χ1n) is 5.20. The van der Waals surface area contributed by atoms with E-state index in [4.69, 9.17) is 11.6 Å². The largest absolute Gasteiger partial charge is 0.312 e. The highest BCUT2D eigenvalue weighted by molar-refractivity contribution is 9.10. The van der Waals surface area contributed by atoms with Gasteiger partial charge in [-0.2, -0.15) is 0 Å². The summed E-state index contributed by atoms with van der Waals surface area (Å²) in [6, 6.07) is 6.02. The van der Waals surface area contributed by atoms with Crippen molar-refractivity contribution in [1.29, 1.82) is 0 Å². The van der Waals surface area contributed by atoms with Crippen molar-refractivity contribution < 1.29 is 0 Å². The Bertz CT molecular complexity index is 527. The van der Waals surface area contributed by atoms with Gasteiger partial charge in [0.2, 0.25) is 0 Å². The first-order chi connectivity index (χ1) is 8.11. The third-order valence-corrected chi connectivity index (χ3v) is 4.35. The minimum Gasteiger partial charge on any atom is -0.312 e. The summed E-state index contributed by atoms with van der Waals surface area (Å²) in [5, 5.41) is 6.99. The van der Waals surface area contributed by atoms with E-state index < -0.39 is 0 Å². The van der Waals surface area contributed by atoms with Crippen LogP contribution in [0.1, 0.15) is 18.7 Å². The number of hydrogen-bond donors (Lipinski definition) is 1. The Labute approximate surface area is 118 Å². The Morgan fingerprint density at radius 3 is 2.88 bits per heavy atom. The monoisotopic (exact) mass is 330 g/mol. The fourth-order valence-corrected chi connectivity index (χ4v) is 3.37. The van der Waals surface area contributed by atoms with Gasteiger partial charge < -0.3 is 5.32 Å². The maximum Gasteiger partial charge on any atom is 0.124 e. The van der Waals surface area contributed by atoms with Crippen LogP contribution in [0.3, 0.4) is 0 Å². The predicted octanol–water partition coefficient (Wildman–Crippen LogP) is 4.51. The molecule has 5 heteroatoms. The predicted molar refractivity (Wildman–Crippen MR) is 77.7 cm³/mol. The summed E-state index contributed by atoms with van der Waals surface area (Å²) in [4.78, 5) is 4.62. The van der Waals surface area contributed by atoms with E-state index in [0.717, 1.165) is 25.8 Å². The normalized spacial score (nSPS) is 12.7. The zero-order valence-electron chi connectivity index (χ0n) is 9.50. The summed E-state index contributed by atoms with van der Waals surface area (Å²) >= 11 is 11.1. The number of benzene rings is 1. The molecule has 1 aromatic heterocycles. The van der Waals surface area contributed by atoms with E-state index in [1.54, 1.807) is 11.3 Å². The van der Waals surface area contributed by atoms with E-state index in [1.165, 1.54) is 0 Å². The summed E-state index contributed by atoms with van der Waals surface area (Å²) < 4.78 is 0.975. The van der Waals surface area contributed by atoms with Crippen LogP contribution < -0.4 is 5.32 Å². The molecule has 0 aliphatic rings. The molecular weight excluding hydrogens is 320 g/mol. The van der Waals surface area contributed by atoms with Crippen LogP contribution in [-0.2, 0) is 0 Å². The van der Waals surface area contributed by atoms with Gasteiger partial charge in [-0.25, -0.2) is 4.98 Å². The van der Waals surface area contributed by atoms with Crippen molar-refractivity contribution in [2.24, 2.45) is 0 Å². The van der Waals surface area contributed by atoms with Crippen LogP contribution >= 0.6 is 38.9 Å². The summed E-state index contributed by atoms with van der Waals surface area (Å²) in [7, 11) is 1.93. The molecule has 1 unspecified atom stereocenters. The summed E-state index contributed by atoms with van der Waals surface area (Å²) in [5.74, 6) is 0. The fourth-order valence-electron chi connectivity index (χ4n) is 1.42. The second kappa shape index (κ2) is 5.48. The van der Waals surface area contributed by atoms with Crippen LogP contribution in [0, 0.1) is 0 Å². The highest BCUT2D eigenvalue weighted by Gasteiger charge is 2.11. The lowest BCUT2D eigenvalue weighted by Gasteiger charge is -2.05. The zero-order chi connectivity index (χ0) is 12.4. The molecule has 2 nitrogen and oxygen atoms in total. The van der Waals surface area contributed by atoms with E-state index >= 15 is 0 Å². The van der Waals surface area contributed by atoms with Crippen molar-refractivity contribution in [1.82, 2.24) is 10.3 Å². The topological polar surface area (TPSA) is 24.9 Å². The third-order valence-electron chi connectivity index (χ3n) is 2.56. The lowest BCUT2D eigenvalue weighted by Crippen LogP contribution is -2.12. The van der Waals surface area contributed by atoms with Gasteiger partial charge in [0, 0.05) is 26.5 Å². The molecule has 0 spiro atoms. The Balaban J connectivity index is 2.37. The molecule has 2 rings (SSSR count). The molecule has 0 saturated carbocycles. The molecule has 17 heavy (non-hydrogen) atoms. The standard InChI is InChI=1S/C12H12BrClN2S/c1-7(15-2)11-6-17-12(16-11)9-4-3-8(14)5-10(9)13/h3-7,15H,1-2H3. The number of hydrogen-bond acceptors (Lipinski definition) is 3. The molecule has 0 bridgehead atoms. The Hall–Kier alpha value is -0.420. The van der Waals surface area contributed by atoms with Gasteiger partial charge in [-0.1, -0.05) is 27.5 Å². The molecule has 1 atom stereocenters. The summed E-state index contributed by atoms with van der Waals surface area (Å²) in [6.07, 6.45) is 0. The molecule has 90 valence electrons. The molecule has 1 N–H and O–H groups in total. The maximum absolute atomic E-state index is 5.93. The molecule has 0 radical (unpaired) electrons. The number of halogens is 2. The number of rotatable bonds is 3. The van der Waals surface area contributed by atoms with E-state index in [-0.39, 0.29) is 6.04 Å². The van der Waals surface area contributed by atoms with Gasteiger partial charge in [0.25, 0.3) is 0 Å². The number of thiazole rings is 1. The van der Waals surface area contributed by atoms with Crippen LogP contribution in [0.5, 0.6) is 0 Å². The number of nitrogens with one attached hydrogen (secondary N) is 1.